The number of carbonyl (C=O) groups is 1. The molecule has 0 bridgehead atoms. The van der Waals surface area contributed by atoms with Gasteiger partial charge in [-0.15, -0.1) is 0 Å². The molecule has 3 rings (SSSR count). The number of phenols is 1. The van der Waals surface area contributed by atoms with Gasteiger partial charge in [-0.25, -0.2) is 0 Å². The highest BCUT2D eigenvalue weighted by Crippen LogP contribution is 2.21. The second-order valence-electron chi connectivity index (χ2n) is 5.55. The molecule has 5 heteroatoms. The number of hydrogen-bond donors (Lipinski definition) is 3. The molecule has 2 aromatic rings. The maximum Gasteiger partial charge on any atom is 0.229 e. The first kappa shape index (κ1) is 14.4. The Morgan fingerprint density at radius 3 is 2.82 bits per heavy atom. The Balaban J connectivity index is 1.77. The monoisotopic (exact) mass is 298 g/mol. The number of aromatic hydroxyl groups is 1. The number of fused-ring (bicyclic) bond motifs is 1. The Hall–Kier alpha value is -2.56. The molecule has 22 heavy (non-hydrogen) atoms. The minimum absolute atomic E-state index is 0.00303. The Bertz CT molecular complexity index is 765. The molecule has 0 saturated heterocycles. The maximum atomic E-state index is 12.4. The van der Waals surface area contributed by atoms with Crippen molar-refractivity contribution in [1.29, 1.82) is 0 Å². The number of hydrogen-bond acceptors (Lipinski definition) is 3. The van der Waals surface area contributed by atoms with E-state index in [4.69, 9.17) is 0 Å². The van der Waals surface area contributed by atoms with Gasteiger partial charge in [0.25, 0.3) is 0 Å². The predicted molar refractivity (Wildman–Crippen MR) is 84.1 cm³/mol. The molecule has 114 valence electrons. The zero-order chi connectivity index (χ0) is 15.5. The Labute approximate surface area is 128 Å². The van der Waals surface area contributed by atoms with E-state index in [2.05, 4.69) is 10.3 Å². The van der Waals surface area contributed by atoms with E-state index in [1.165, 1.54) is 6.07 Å². The largest absolute Gasteiger partial charge is 0.506 e. The lowest BCUT2D eigenvalue weighted by atomic mass is 9.94. The molecule has 1 amide bonds. The van der Waals surface area contributed by atoms with Crippen LogP contribution in [0.25, 0.3) is 0 Å². The van der Waals surface area contributed by atoms with Crippen molar-refractivity contribution in [1.82, 2.24) is 4.98 Å². The number of aryl methyl sites for hydroxylation is 1. The lowest BCUT2D eigenvalue weighted by Crippen LogP contribution is -2.25. The number of H-pyrrole nitrogens is 1. The Morgan fingerprint density at radius 1 is 1.23 bits per heavy atom. The normalized spacial score (nSPS) is 13.5. The molecule has 3 N–H and O–H groups in total. The van der Waals surface area contributed by atoms with Crippen molar-refractivity contribution in [2.45, 2.75) is 32.1 Å². The minimum Gasteiger partial charge on any atom is -0.506 e. The first-order valence-electron chi connectivity index (χ1n) is 7.45. The fourth-order valence-corrected chi connectivity index (χ4v) is 2.83. The van der Waals surface area contributed by atoms with Gasteiger partial charge in [-0.05, 0) is 37.8 Å². The van der Waals surface area contributed by atoms with Crippen molar-refractivity contribution in [3.05, 3.63) is 57.5 Å². The smallest absolute Gasteiger partial charge is 0.229 e. The third-order valence-corrected chi connectivity index (χ3v) is 3.98. The summed E-state index contributed by atoms with van der Waals surface area (Å²) in [4.78, 5) is 27.6. The summed E-state index contributed by atoms with van der Waals surface area (Å²) in [5.74, 6) is -0.307. The average Bonchev–Trinajstić information content (AvgIpc) is 2.53. The molecule has 0 radical (unpaired) electrons. The van der Waals surface area contributed by atoms with Crippen LogP contribution in [0.1, 0.15) is 29.7 Å². The molecule has 0 unspecified atom stereocenters. The summed E-state index contributed by atoms with van der Waals surface area (Å²) in [5.41, 5.74) is 2.61. The van der Waals surface area contributed by atoms with Gasteiger partial charge in [-0.3, -0.25) is 9.59 Å². The molecular formula is C17H18N2O3. The average molecular weight is 298 g/mol. The van der Waals surface area contributed by atoms with E-state index in [0.29, 0.717) is 11.3 Å². The highest BCUT2D eigenvalue weighted by Gasteiger charge is 2.17. The topological polar surface area (TPSA) is 82.2 Å². The lowest BCUT2D eigenvalue weighted by molar-refractivity contribution is -0.115. The van der Waals surface area contributed by atoms with Crippen molar-refractivity contribution >= 4 is 11.6 Å². The molecule has 0 fully saturated rings. The molecule has 0 saturated carbocycles. The van der Waals surface area contributed by atoms with Crippen molar-refractivity contribution in [2.75, 3.05) is 5.32 Å². The van der Waals surface area contributed by atoms with Gasteiger partial charge in [0.1, 0.15) is 5.75 Å². The lowest BCUT2D eigenvalue weighted by Gasteiger charge is -2.15. The van der Waals surface area contributed by atoms with Gasteiger partial charge in [0.15, 0.2) is 5.43 Å². The predicted octanol–water partition coefficient (Wildman–Crippen LogP) is 2.14. The number of benzene rings is 1. The SMILES string of the molecule is O=C(Cc1c[nH]c2c(c1=O)CCCC2)Nc1ccccc1O. The number of amides is 1. The third kappa shape index (κ3) is 2.88. The summed E-state index contributed by atoms with van der Waals surface area (Å²) in [6.07, 6.45) is 5.42. The number of pyridine rings is 1. The van der Waals surface area contributed by atoms with Crippen molar-refractivity contribution in [3.63, 3.8) is 0 Å². The van der Waals surface area contributed by atoms with Crippen LogP contribution in [0, 0.1) is 0 Å². The number of rotatable bonds is 3. The second-order valence-corrected chi connectivity index (χ2v) is 5.55. The molecule has 1 aliphatic carbocycles. The maximum absolute atomic E-state index is 12.4. The van der Waals surface area contributed by atoms with Crippen LogP contribution in [0.5, 0.6) is 5.75 Å². The summed E-state index contributed by atoms with van der Waals surface area (Å²) < 4.78 is 0. The first-order chi connectivity index (χ1) is 10.6. The standard InChI is InChI=1S/C17H18N2O3/c20-15-8-4-3-7-14(15)19-16(21)9-11-10-18-13-6-2-1-5-12(13)17(11)22/h3-4,7-8,10,20H,1-2,5-6,9H2,(H,18,22)(H,19,21). The van der Waals surface area contributed by atoms with E-state index in [0.717, 1.165) is 36.9 Å². The first-order valence-corrected chi connectivity index (χ1v) is 7.45. The molecule has 1 aromatic carbocycles. The Kier molecular flexibility index (Phi) is 3.96. The third-order valence-electron chi connectivity index (χ3n) is 3.98. The van der Waals surface area contributed by atoms with E-state index < -0.39 is 0 Å². The molecule has 0 atom stereocenters. The van der Waals surface area contributed by atoms with E-state index in [-0.39, 0.29) is 23.5 Å². The van der Waals surface area contributed by atoms with Crippen LogP contribution < -0.4 is 10.7 Å². The van der Waals surface area contributed by atoms with Gasteiger partial charge < -0.3 is 15.4 Å². The minimum atomic E-state index is -0.317. The highest BCUT2D eigenvalue weighted by molar-refractivity contribution is 5.93. The van der Waals surface area contributed by atoms with Crippen LogP contribution in [0.3, 0.4) is 0 Å². The molecule has 0 aliphatic heterocycles. The van der Waals surface area contributed by atoms with Crippen LogP contribution in [0.4, 0.5) is 5.69 Å². The van der Waals surface area contributed by atoms with Crippen LogP contribution in [0.2, 0.25) is 0 Å². The van der Waals surface area contributed by atoms with E-state index >= 15 is 0 Å². The quantitative estimate of drug-likeness (QED) is 0.759. The van der Waals surface area contributed by atoms with Crippen LogP contribution in [-0.2, 0) is 24.1 Å². The highest BCUT2D eigenvalue weighted by atomic mass is 16.3. The van der Waals surface area contributed by atoms with Gasteiger partial charge >= 0.3 is 0 Å². The zero-order valence-electron chi connectivity index (χ0n) is 12.2. The van der Waals surface area contributed by atoms with E-state index in [1.807, 2.05) is 0 Å². The summed E-state index contributed by atoms with van der Waals surface area (Å²) in [7, 11) is 0. The van der Waals surface area contributed by atoms with Crippen molar-refractivity contribution < 1.29 is 9.90 Å². The summed E-state index contributed by atoms with van der Waals surface area (Å²) in [5, 5.41) is 12.3. The number of phenolic OH excluding ortho intramolecular Hbond substituents is 1. The van der Waals surface area contributed by atoms with Crippen LogP contribution in [-0.4, -0.2) is 16.0 Å². The van der Waals surface area contributed by atoms with Crippen LogP contribution in [0.15, 0.2) is 35.3 Å². The molecule has 1 aliphatic rings. The number of para-hydroxylation sites is 2. The van der Waals surface area contributed by atoms with Crippen molar-refractivity contribution in [3.8, 4) is 5.75 Å². The molecule has 1 heterocycles. The van der Waals surface area contributed by atoms with Crippen LogP contribution >= 0.6 is 0 Å². The van der Waals surface area contributed by atoms with E-state index in [9.17, 15) is 14.7 Å². The molecule has 0 spiro atoms. The number of nitrogens with one attached hydrogen (secondary N) is 2. The number of aromatic nitrogens is 1. The van der Waals surface area contributed by atoms with Gasteiger partial charge in [-0.1, -0.05) is 12.1 Å². The molecule has 5 nitrogen and oxygen atoms in total. The second kappa shape index (κ2) is 6.05. The van der Waals surface area contributed by atoms with Gasteiger partial charge in [0, 0.05) is 23.0 Å². The fourth-order valence-electron chi connectivity index (χ4n) is 2.83. The van der Waals surface area contributed by atoms with Crippen molar-refractivity contribution in [2.24, 2.45) is 0 Å². The number of anilines is 1. The van der Waals surface area contributed by atoms with Gasteiger partial charge in [0.05, 0.1) is 12.1 Å². The summed E-state index contributed by atoms with van der Waals surface area (Å²) >= 11 is 0. The zero-order valence-corrected chi connectivity index (χ0v) is 12.2. The van der Waals surface area contributed by atoms with Gasteiger partial charge in [0.2, 0.25) is 5.91 Å². The fraction of sp³-hybridized carbons (Fsp3) is 0.294. The number of aromatic amines is 1. The number of carbonyl (C=O) groups excluding carboxylic acids is 1. The summed E-state index contributed by atoms with van der Waals surface area (Å²) in [6, 6.07) is 6.52. The van der Waals surface area contributed by atoms with Gasteiger partial charge in [-0.2, -0.15) is 0 Å². The summed E-state index contributed by atoms with van der Waals surface area (Å²) in [6.45, 7) is 0. The van der Waals surface area contributed by atoms with E-state index in [1.54, 1.807) is 24.4 Å². The Morgan fingerprint density at radius 2 is 2.00 bits per heavy atom. The molecule has 1 aromatic heterocycles. The molecular weight excluding hydrogens is 280 g/mol.